The molecule has 2 aromatic carbocycles. The normalized spacial score (nSPS) is 9.83. The quantitative estimate of drug-likeness (QED) is 0.752. The van der Waals surface area contributed by atoms with E-state index < -0.39 is 0 Å². The first kappa shape index (κ1) is 19.0. The van der Waals surface area contributed by atoms with Crippen molar-refractivity contribution in [2.75, 3.05) is 11.9 Å². The third-order valence-electron chi connectivity index (χ3n) is 3.31. The predicted molar refractivity (Wildman–Crippen MR) is 96.4 cm³/mol. The molecule has 23 heavy (non-hydrogen) atoms. The van der Waals surface area contributed by atoms with Crippen LogP contribution in [0.15, 0.2) is 48.5 Å². The molecule has 0 heterocycles. The Morgan fingerprint density at radius 3 is 2.57 bits per heavy atom. The van der Waals surface area contributed by atoms with Crippen molar-refractivity contribution in [1.82, 2.24) is 0 Å². The lowest BCUT2D eigenvalue weighted by atomic mass is 10.1. The minimum absolute atomic E-state index is 0. The van der Waals surface area contributed by atoms with Crippen LogP contribution >= 0.6 is 12.4 Å². The Morgan fingerprint density at radius 1 is 1.17 bits per heavy atom. The van der Waals surface area contributed by atoms with E-state index >= 15 is 0 Å². The van der Waals surface area contributed by atoms with Gasteiger partial charge in [0.25, 0.3) is 5.91 Å². The van der Waals surface area contributed by atoms with Crippen LogP contribution in [0.25, 0.3) is 0 Å². The van der Waals surface area contributed by atoms with E-state index in [0.717, 1.165) is 29.8 Å². The van der Waals surface area contributed by atoms with Crippen molar-refractivity contribution in [3.8, 4) is 5.75 Å². The molecule has 2 rings (SSSR count). The van der Waals surface area contributed by atoms with Crippen LogP contribution in [0.3, 0.4) is 0 Å². The van der Waals surface area contributed by atoms with E-state index in [1.165, 1.54) is 0 Å². The average Bonchev–Trinajstić information content (AvgIpc) is 2.55. The number of carbonyl (C=O) groups excluding carboxylic acids is 1. The van der Waals surface area contributed by atoms with E-state index in [0.29, 0.717) is 18.7 Å². The summed E-state index contributed by atoms with van der Waals surface area (Å²) in [6.45, 7) is 3.28. The van der Waals surface area contributed by atoms with Crippen LogP contribution in [-0.4, -0.2) is 12.5 Å². The van der Waals surface area contributed by atoms with Gasteiger partial charge in [0, 0.05) is 23.9 Å². The summed E-state index contributed by atoms with van der Waals surface area (Å²) in [6, 6.07) is 14.7. The van der Waals surface area contributed by atoms with Gasteiger partial charge in [0.05, 0.1) is 6.61 Å². The number of unbranched alkanes of at least 4 members (excludes halogenated alkanes) is 1. The average molecular weight is 335 g/mol. The summed E-state index contributed by atoms with van der Waals surface area (Å²) in [5, 5.41) is 2.88. The van der Waals surface area contributed by atoms with Crippen LogP contribution in [0, 0.1) is 0 Å². The van der Waals surface area contributed by atoms with Crippen LogP contribution in [0.2, 0.25) is 0 Å². The summed E-state index contributed by atoms with van der Waals surface area (Å²) >= 11 is 0. The van der Waals surface area contributed by atoms with Gasteiger partial charge in [-0.1, -0.05) is 31.5 Å². The molecule has 0 saturated carbocycles. The van der Waals surface area contributed by atoms with Gasteiger partial charge < -0.3 is 15.8 Å². The van der Waals surface area contributed by atoms with Crippen LogP contribution < -0.4 is 15.8 Å². The number of hydrogen-bond acceptors (Lipinski definition) is 3. The fourth-order valence-electron chi connectivity index (χ4n) is 1.99. The maximum atomic E-state index is 12.2. The molecular formula is C18H23ClN2O2. The van der Waals surface area contributed by atoms with Crippen molar-refractivity contribution >= 4 is 24.0 Å². The first-order chi connectivity index (χ1) is 10.7. The van der Waals surface area contributed by atoms with E-state index in [1.54, 1.807) is 12.1 Å². The minimum atomic E-state index is -0.144. The Bertz CT molecular complexity index is 615. The second-order valence-corrected chi connectivity index (χ2v) is 5.09. The van der Waals surface area contributed by atoms with Gasteiger partial charge in [-0.2, -0.15) is 0 Å². The molecule has 124 valence electrons. The summed E-state index contributed by atoms with van der Waals surface area (Å²) in [7, 11) is 0. The highest BCUT2D eigenvalue weighted by molar-refractivity contribution is 6.04. The van der Waals surface area contributed by atoms with E-state index in [-0.39, 0.29) is 18.3 Å². The molecule has 5 heteroatoms. The fraction of sp³-hybridized carbons (Fsp3) is 0.278. The monoisotopic (exact) mass is 334 g/mol. The largest absolute Gasteiger partial charge is 0.494 e. The SMILES string of the molecule is CCCCOc1cccc(NC(=O)c2ccc(CN)cc2)c1.Cl. The second-order valence-electron chi connectivity index (χ2n) is 5.09. The van der Waals surface area contributed by atoms with Gasteiger partial charge in [-0.3, -0.25) is 4.79 Å². The lowest BCUT2D eigenvalue weighted by Gasteiger charge is -2.09. The van der Waals surface area contributed by atoms with Gasteiger partial charge >= 0.3 is 0 Å². The third-order valence-corrected chi connectivity index (χ3v) is 3.31. The van der Waals surface area contributed by atoms with Crippen LogP contribution in [0.1, 0.15) is 35.7 Å². The van der Waals surface area contributed by atoms with Crippen molar-refractivity contribution in [3.05, 3.63) is 59.7 Å². The second kappa shape index (κ2) is 9.87. The Morgan fingerprint density at radius 2 is 1.91 bits per heavy atom. The summed E-state index contributed by atoms with van der Waals surface area (Å²) in [5.41, 5.74) is 7.88. The molecular weight excluding hydrogens is 312 g/mol. The molecule has 3 N–H and O–H groups in total. The number of nitrogens with one attached hydrogen (secondary N) is 1. The number of nitrogens with two attached hydrogens (primary N) is 1. The standard InChI is InChI=1S/C18H22N2O2.ClH/c1-2-3-11-22-17-6-4-5-16(12-17)20-18(21)15-9-7-14(13-19)8-10-15;/h4-10,12H,2-3,11,13,19H2,1H3,(H,20,21);1H. The highest BCUT2D eigenvalue weighted by atomic mass is 35.5. The van der Waals surface area contributed by atoms with Crippen molar-refractivity contribution in [2.24, 2.45) is 5.73 Å². The molecule has 0 aliphatic rings. The molecule has 0 atom stereocenters. The molecule has 0 spiro atoms. The minimum Gasteiger partial charge on any atom is -0.494 e. The zero-order valence-corrected chi connectivity index (χ0v) is 14.1. The zero-order valence-electron chi connectivity index (χ0n) is 13.2. The lowest BCUT2D eigenvalue weighted by Crippen LogP contribution is -2.12. The molecule has 1 amide bonds. The van der Waals surface area contributed by atoms with Gasteiger partial charge in [0.1, 0.15) is 5.75 Å². The predicted octanol–water partition coefficient (Wildman–Crippen LogP) is 4.00. The topological polar surface area (TPSA) is 64.3 Å². The van der Waals surface area contributed by atoms with Gasteiger partial charge in [0.15, 0.2) is 0 Å². The molecule has 4 nitrogen and oxygen atoms in total. The fourth-order valence-corrected chi connectivity index (χ4v) is 1.99. The summed E-state index contributed by atoms with van der Waals surface area (Å²) in [6.07, 6.45) is 2.11. The first-order valence-corrected chi connectivity index (χ1v) is 7.56. The highest BCUT2D eigenvalue weighted by Crippen LogP contribution is 2.18. The number of halogens is 1. The molecule has 2 aromatic rings. The Hall–Kier alpha value is -2.04. The number of rotatable bonds is 7. The van der Waals surface area contributed by atoms with Crippen molar-refractivity contribution in [3.63, 3.8) is 0 Å². The van der Waals surface area contributed by atoms with Crippen molar-refractivity contribution in [1.29, 1.82) is 0 Å². The van der Waals surface area contributed by atoms with E-state index in [1.807, 2.05) is 36.4 Å². The first-order valence-electron chi connectivity index (χ1n) is 7.56. The number of benzene rings is 2. The molecule has 0 unspecified atom stereocenters. The highest BCUT2D eigenvalue weighted by Gasteiger charge is 2.06. The smallest absolute Gasteiger partial charge is 0.255 e. The number of carbonyl (C=O) groups is 1. The van der Waals surface area contributed by atoms with Crippen LogP contribution in [0.4, 0.5) is 5.69 Å². The maximum Gasteiger partial charge on any atom is 0.255 e. The molecule has 0 fully saturated rings. The van der Waals surface area contributed by atoms with Gasteiger partial charge in [-0.15, -0.1) is 12.4 Å². The maximum absolute atomic E-state index is 12.2. The lowest BCUT2D eigenvalue weighted by molar-refractivity contribution is 0.102. The van der Waals surface area contributed by atoms with E-state index in [9.17, 15) is 4.79 Å². The van der Waals surface area contributed by atoms with Crippen molar-refractivity contribution in [2.45, 2.75) is 26.3 Å². The van der Waals surface area contributed by atoms with E-state index in [4.69, 9.17) is 10.5 Å². The molecule has 0 radical (unpaired) electrons. The van der Waals surface area contributed by atoms with Crippen LogP contribution in [-0.2, 0) is 6.54 Å². The van der Waals surface area contributed by atoms with Crippen LogP contribution in [0.5, 0.6) is 5.75 Å². The summed E-state index contributed by atoms with van der Waals surface area (Å²) in [5.74, 6) is 0.624. The molecule has 0 aliphatic carbocycles. The number of anilines is 1. The third kappa shape index (κ3) is 5.93. The molecule has 0 aromatic heterocycles. The van der Waals surface area contributed by atoms with Crippen molar-refractivity contribution < 1.29 is 9.53 Å². The molecule has 0 aliphatic heterocycles. The number of ether oxygens (including phenoxy) is 1. The number of amides is 1. The van der Waals surface area contributed by atoms with E-state index in [2.05, 4.69) is 12.2 Å². The Balaban J connectivity index is 0.00000264. The van der Waals surface area contributed by atoms with Gasteiger partial charge in [0.2, 0.25) is 0 Å². The van der Waals surface area contributed by atoms with Gasteiger partial charge in [-0.05, 0) is 36.2 Å². The summed E-state index contributed by atoms with van der Waals surface area (Å²) in [4.78, 5) is 12.2. The Kier molecular flexibility index (Phi) is 8.16. The zero-order chi connectivity index (χ0) is 15.8. The van der Waals surface area contributed by atoms with Gasteiger partial charge in [-0.25, -0.2) is 0 Å². The molecule has 0 saturated heterocycles. The summed E-state index contributed by atoms with van der Waals surface area (Å²) < 4.78 is 5.64. The molecule has 0 bridgehead atoms. The number of hydrogen-bond donors (Lipinski definition) is 2. The Labute approximate surface area is 143 Å².